The molecule has 52 heavy (non-hydrogen) atoms. The van der Waals surface area contributed by atoms with Gasteiger partial charge in [-0.3, -0.25) is 10.2 Å². The van der Waals surface area contributed by atoms with Gasteiger partial charge in [-0.1, -0.05) is 115 Å². The number of alkyl halides is 3. The molecule has 3 N–H and O–H groups in total. The Kier molecular flexibility index (Phi) is 11.5. The Hall–Kier alpha value is -5.71. The van der Waals surface area contributed by atoms with Crippen molar-refractivity contribution < 1.29 is 32.5 Å². The van der Waals surface area contributed by atoms with Crippen LogP contribution in [0.3, 0.4) is 0 Å². The van der Waals surface area contributed by atoms with E-state index in [0.717, 1.165) is 22.8 Å². The number of carbonyl (C=O) groups excluding carboxylic acids is 1. The SMILES string of the molecule is O=C(NNCc1ccccc1C(F)(F)F)[C@@]1(C/C=C/c2ccccc2)N=C(c2ccc(OCCCO)cc2)O[C@H]1c1ccc(-c2ccccc2)cc1. The number of hydrogen-bond donors (Lipinski definition) is 3. The average Bonchev–Trinajstić information content (AvgIpc) is 3.56. The minimum Gasteiger partial charge on any atom is -0.494 e. The van der Waals surface area contributed by atoms with E-state index in [1.165, 1.54) is 18.2 Å². The summed E-state index contributed by atoms with van der Waals surface area (Å²) in [6.07, 6.45) is -1.12. The number of aliphatic imine (C=N–C) groups is 1. The first-order valence-corrected chi connectivity index (χ1v) is 16.9. The van der Waals surface area contributed by atoms with Gasteiger partial charge in [0.05, 0.1) is 12.2 Å². The van der Waals surface area contributed by atoms with Gasteiger partial charge in [0.25, 0.3) is 5.91 Å². The number of carbonyl (C=O) groups is 1. The molecule has 266 valence electrons. The molecule has 1 heterocycles. The van der Waals surface area contributed by atoms with Crippen LogP contribution in [0.1, 0.15) is 46.8 Å². The highest BCUT2D eigenvalue weighted by molar-refractivity contribution is 6.01. The molecule has 1 amide bonds. The van der Waals surface area contributed by atoms with E-state index in [0.29, 0.717) is 29.9 Å². The smallest absolute Gasteiger partial charge is 0.416 e. The molecular formula is C42H38F3N3O4. The van der Waals surface area contributed by atoms with Crippen molar-refractivity contribution in [3.63, 3.8) is 0 Å². The summed E-state index contributed by atoms with van der Waals surface area (Å²) in [6, 6.07) is 39.5. The molecule has 0 fully saturated rings. The second-order valence-corrected chi connectivity index (χ2v) is 12.3. The summed E-state index contributed by atoms with van der Waals surface area (Å²) in [5.41, 5.74) is 7.24. The van der Waals surface area contributed by atoms with Crippen LogP contribution in [0.2, 0.25) is 0 Å². The number of rotatable bonds is 14. The van der Waals surface area contributed by atoms with Crippen LogP contribution in [0.15, 0.2) is 145 Å². The lowest BCUT2D eigenvalue weighted by atomic mass is 9.84. The first kappa shape index (κ1) is 36.1. The van der Waals surface area contributed by atoms with Crippen molar-refractivity contribution in [2.75, 3.05) is 13.2 Å². The number of benzene rings is 5. The third-order valence-corrected chi connectivity index (χ3v) is 8.69. The standard InChI is InChI=1S/C42H38F3N3O4/c43-42(44,45)37-17-8-7-16-35(37)29-46-48-40(50)41(26-9-13-30-11-3-1-4-12-30)38(33-20-18-32(19-21-33)31-14-5-2-6-15-31)52-39(47-41)34-22-24-36(25-23-34)51-28-10-27-49/h1-9,11-25,38,46,49H,10,26-29H2,(H,48,50)/b13-9+/t38-,41-/m0/s1. The Balaban J connectivity index is 1.36. The molecule has 10 heteroatoms. The molecule has 0 unspecified atom stereocenters. The highest BCUT2D eigenvalue weighted by atomic mass is 19.4. The maximum Gasteiger partial charge on any atom is 0.416 e. The molecule has 1 aliphatic rings. The molecule has 5 aromatic rings. The van der Waals surface area contributed by atoms with E-state index in [1.807, 2.05) is 97.1 Å². The third kappa shape index (κ3) is 8.59. The van der Waals surface area contributed by atoms with Crippen molar-refractivity contribution in [2.45, 2.75) is 37.2 Å². The quantitative estimate of drug-likeness (QED) is 0.0799. The molecule has 0 spiro atoms. The van der Waals surface area contributed by atoms with Gasteiger partial charge in [-0.05, 0) is 58.1 Å². The first-order valence-electron chi connectivity index (χ1n) is 16.9. The minimum atomic E-state index is -4.55. The molecule has 0 bridgehead atoms. The van der Waals surface area contributed by atoms with Crippen molar-refractivity contribution in [1.82, 2.24) is 10.9 Å². The fourth-order valence-electron chi connectivity index (χ4n) is 6.01. The van der Waals surface area contributed by atoms with Crippen molar-refractivity contribution in [3.8, 4) is 16.9 Å². The predicted octanol–water partition coefficient (Wildman–Crippen LogP) is 8.32. The summed E-state index contributed by atoms with van der Waals surface area (Å²) in [5.74, 6) is 0.248. The zero-order chi connectivity index (χ0) is 36.4. The van der Waals surface area contributed by atoms with Gasteiger partial charge in [-0.2, -0.15) is 13.2 Å². The fraction of sp³-hybridized carbons (Fsp3) is 0.190. The summed E-state index contributed by atoms with van der Waals surface area (Å²) < 4.78 is 53.5. The molecule has 5 aromatic carbocycles. The van der Waals surface area contributed by atoms with Gasteiger partial charge in [0.15, 0.2) is 11.6 Å². The molecule has 0 aromatic heterocycles. The number of aliphatic hydroxyl groups excluding tert-OH is 1. The maximum absolute atomic E-state index is 14.5. The van der Waals surface area contributed by atoms with Crippen LogP contribution in [-0.2, 0) is 22.3 Å². The Morgan fingerprint density at radius 2 is 1.46 bits per heavy atom. The molecule has 0 aliphatic carbocycles. The van der Waals surface area contributed by atoms with Crippen LogP contribution in [0.25, 0.3) is 17.2 Å². The van der Waals surface area contributed by atoms with E-state index >= 15 is 0 Å². The lowest BCUT2D eigenvalue weighted by Gasteiger charge is -2.30. The molecule has 1 aliphatic heterocycles. The first-order chi connectivity index (χ1) is 25.3. The number of aliphatic hydroxyl groups is 1. The zero-order valence-corrected chi connectivity index (χ0v) is 28.2. The monoisotopic (exact) mass is 705 g/mol. The van der Waals surface area contributed by atoms with Crippen LogP contribution in [0.5, 0.6) is 5.75 Å². The Bertz CT molecular complexity index is 1980. The van der Waals surface area contributed by atoms with Crippen molar-refractivity contribution >= 4 is 17.9 Å². The molecule has 0 radical (unpaired) electrons. The molecule has 0 saturated heterocycles. The average molecular weight is 706 g/mol. The van der Waals surface area contributed by atoms with Crippen molar-refractivity contribution in [1.29, 1.82) is 0 Å². The summed E-state index contributed by atoms with van der Waals surface area (Å²) in [7, 11) is 0. The van der Waals surface area contributed by atoms with E-state index in [4.69, 9.17) is 19.6 Å². The van der Waals surface area contributed by atoms with Crippen molar-refractivity contribution in [2.24, 2.45) is 4.99 Å². The molecule has 6 rings (SSSR count). The lowest BCUT2D eigenvalue weighted by Crippen LogP contribution is -2.52. The summed E-state index contributed by atoms with van der Waals surface area (Å²) in [4.78, 5) is 19.5. The topological polar surface area (TPSA) is 92.2 Å². The number of halogens is 3. The van der Waals surface area contributed by atoms with Gasteiger partial charge in [0, 0.05) is 31.6 Å². The predicted molar refractivity (Wildman–Crippen MR) is 195 cm³/mol. The zero-order valence-electron chi connectivity index (χ0n) is 28.2. The number of amides is 1. The van der Waals surface area contributed by atoms with Gasteiger partial charge in [0.2, 0.25) is 5.90 Å². The third-order valence-electron chi connectivity index (χ3n) is 8.69. The number of ether oxygens (including phenoxy) is 2. The fourth-order valence-corrected chi connectivity index (χ4v) is 6.01. The summed E-state index contributed by atoms with van der Waals surface area (Å²) in [5, 5.41) is 9.10. The molecular weight excluding hydrogens is 667 g/mol. The Morgan fingerprint density at radius 3 is 2.15 bits per heavy atom. The lowest BCUT2D eigenvalue weighted by molar-refractivity contribution is -0.138. The molecule has 7 nitrogen and oxygen atoms in total. The maximum atomic E-state index is 14.5. The van der Waals surface area contributed by atoms with E-state index in [9.17, 15) is 18.0 Å². The highest BCUT2D eigenvalue weighted by Crippen LogP contribution is 2.43. The second-order valence-electron chi connectivity index (χ2n) is 12.3. The number of nitrogens with zero attached hydrogens (tertiary/aromatic N) is 1. The Labute approximate surface area is 300 Å². The Morgan fingerprint density at radius 1 is 0.827 bits per heavy atom. The minimum absolute atomic E-state index is 0.0169. The van der Waals surface area contributed by atoms with Crippen LogP contribution in [0, 0.1) is 0 Å². The van der Waals surface area contributed by atoms with Gasteiger partial charge in [-0.15, -0.1) is 0 Å². The van der Waals surface area contributed by atoms with Crippen LogP contribution in [-0.4, -0.2) is 35.7 Å². The van der Waals surface area contributed by atoms with Gasteiger partial charge < -0.3 is 14.6 Å². The van der Waals surface area contributed by atoms with Gasteiger partial charge in [-0.25, -0.2) is 10.4 Å². The van der Waals surface area contributed by atoms with E-state index in [2.05, 4.69) is 10.9 Å². The van der Waals surface area contributed by atoms with Crippen LogP contribution < -0.4 is 15.6 Å². The number of nitrogens with one attached hydrogen (secondary N) is 2. The highest BCUT2D eigenvalue weighted by Gasteiger charge is 2.52. The largest absolute Gasteiger partial charge is 0.494 e. The van der Waals surface area contributed by atoms with E-state index < -0.39 is 29.3 Å². The summed E-state index contributed by atoms with van der Waals surface area (Å²) in [6.45, 7) is 0.0950. The number of hydrazine groups is 1. The molecule has 2 atom stereocenters. The van der Waals surface area contributed by atoms with Crippen LogP contribution in [0.4, 0.5) is 13.2 Å². The van der Waals surface area contributed by atoms with Gasteiger partial charge in [0.1, 0.15) is 5.75 Å². The molecule has 0 saturated carbocycles. The van der Waals surface area contributed by atoms with Crippen LogP contribution >= 0.6 is 0 Å². The van der Waals surface area contributed by atoms with Gasteiger partial charge >= 0.3 is 6.18 Å². The van der Waals surface area contributed by atoms with Crippen molar-refractivity contribution in [3.05, 3.63) is 167 Å². The second kappa shape index (κ2) is 16.5. The van der Waals surface area contributed by atoms with E-state index in [1.54, 1.807) is 24.3 Å². The number of hydrogen-bond acceptors (Lipinski definition) is 6. The summed E-state index contributed by atoms with van der Waals surface area (Å²) >= 11 is 0. The van der Waals surface area contributed by atoms with E-state index in [-0.39, 0.29) is 31.0 Å². The normalized spacial score (nSPS) is 17.1.